The van der Waals surface area contributed by atoms with E-state index >= 15 is 0 Å². The largest absolute Gasteiger partial charge is 0.471 e. The number of likely N-dealkylation sites (tertiary alicyclic amines) is 1. The number of anilines is 2. The van der Waals surface area contributed by atoms with E-state index in [0.29, 0.717) is 6.54 Å². The van der Waals surface area contributed by atoms with Gasteiger partial charge >= 0.3 is 12.1 Å². The van der Waals surface area contributed by atoms with Crippen LogP contribution in [0.1, 0.15) is 12.0 Å². The molecule has 29 heavy (non-hydrogen) atoms. The topological polar surface area (TPSA) is 78.5 Å². The van der Waals surface area contributed by atoms with Crippen LogP contribution in [0, 0.1) is 5.92 Å². The van der Waals surface area contributed by atoms with Gasteiger partial charge in [0.25, 0.3) is 0 Å². The first-order chi connectivity index (χ1) is 13.7. The molecule has 2 aromatic carbocycles. The molecule has 0 aromatic heterocycles. The lowest BCUT2D eigenvalue weighted by Crippen LogP contribution is -2.31. The molecular weight excluding hydrogens is 387 g/mol. The molecule has 1 fully saturated rings. The van der Waals surface area contributed by atoms with E-state index in [1.54, 1.807) is 10.2 Å². The summed E-state index contributed by atoms with van der Waals surface area (Å²) in [5.74, 6) is -3.45. The standard InChI is InChI=1S/C20H18F3N3O3/c21-20(22,23)19(29)25-16-9-5-4-8-15(16)24-18(28)14-10-17(27)26(12-14)11-13-6-2-1-3-7-13/h1-9,14H,10-12H2,(H,24,28)(H,25,29). The van der Waals surface area contributed by atoms with Crippen LogP contribution < -0.4 is 10.6 Å². The van der Waals surface area contributed by atoms with Crippen molar-refractivity contribution < 1.29 is 27.6 Å². The number of carbonyl (C=O) groups excluding carboxylic acids is 3. The van der Waals surface area contributed by atoms with Crippen LogP contribution >= 0.6 is 0 Å². The fraction of sp³-hybridized carbons (Fsp3) is 0.250. The summed E-state index contributed by atoms with van der Waals surface area (Å²) in [7, 11) is 0. The Balaban J connectivity index is 1.65. The highest BCUT2D eigenvalue weighted by molar-refractivity contribution is 6.03. The SMILES string of the molecule is O=C(Nc1ccccc1NC(=O)C(F)(F)F)C1CC(=O)N(Cc2ccccc2)C1. The molecule has 152 valence electrons. The molecule has 1 aliphatic heterocycles. The summed E-state index contributed by atoms with van der Waals surface area (Å²) in [5.41, 5.74) is 0.791. The van der Waals surface area contributed by atoms with Gasteiger partial charge in [0.1, 0.15) is 0 Å². The number of alkyl halides is 3. The van der Waals surface area contributed by atoms with Crippen LogP contribution in [-0.4, -0.2) is 35.3 Å². The highest BCUT2D eigenvalue weighted by Gasteiger charge is 2.39. The fourth-order valence-electron chi connectivity index (χ4n) is 3.03. The summed E-state index contributed by atoms with van der Waals surface area (Å²) in [6, 6.07) is 14.9. The average Bonchev–Trinajstić information content (AvgIpc) is 3.04. The quantitative estimate of drug-likeness (QED) is 0.802. The van der Waals surface area contributed by atoms with E-state index in [1.807, 2.05) is 30.3 Å². The summed E-state index contributed by atoms with van der Waals surface area (Å²) in [4.78, 5) is 37.6. The number of benzene rings is 2. The van der Waals surface area contributed by atoms with Crippen LogP contribution in [0.25, 0.3) is 0 Å². The zero-order chi connectivity index (χ0) is 21.0. The van der Waals surface area contributed by atoms with Crippen LogP contribution in [-0.2, 0) is 20.9 Å². The van der Waals surface area contributed by atoms with Crippen LogP contribution in [0.15, 0.2) is 54.6 Å². The molecule has 0 saturated carbocycles. The van der Waals surface area contributed by atoms with E-state index in [4.69, 9.17) is 0 Å². The van der Waals surface area contributed by atoms with Crippen LogP contribution in [0.4, 0.5) is 24.5 Å². The van der Waals surface area contributed by atoms with Crippen molar-refractivity contribution in [3.63, 3.8) is 0 Å². The molecule has 6 nitrogen and oxygen atoms in total. The number of rotatable bonds is 5. The molecule has 3 amide bonds. The van der Waals surface area contributed by atoms with E-state index in [9.17, 15) is 27.6 Å². The molecule has 1 saturated heterocycles. The third-order valence-corrected chi connectivity index (χ3v) is 4.49. The minimum Gasteiger partial charge on any atom is -0.338 e. The van der Waals surface area contributed by atoms with Gasteiger partial charge in [-0.15, -0.1) is 0 Å². The first-order valence-corrected chi connectivity index (χ1v) is 8.84. The Bertz CT molecular complexity index is 916. The molecular formula is C20H18F3N3O3. The number of hydrogen-bond donors (Lipinski definition) is 2. The normalized spacial score (nSPS) is 16.6. The number of nitrogens with one attached hydrogen (secondary N) is 2. The molecule has 0 radical (unpaired) electrons. The van der Waals surface area contributed by atoms with Crippen molar-refractivity contribution in [1.29, 1.82) is 0 Å². The maximum absolute atomic E-state index is 12.6. The van der Waals surface area contributed by atoms with Gasteiger partial charge in [-0.05, 0) is 17.7 Å². The van der Waals surface area contributed by atoms with Crippen LogP contribution in [0.3, 0.4) is 0 Å². The van der Waals surface area contributed by atoms with Crippen molar-refractivity contribution in [3.8, 4) is 0 Å². The molecule has 0 bridgehead atoms. The Morgan fingerprint density at radius 1 is 0.966 bits per heavy atom. The molecule has 1 unspecified atom stereocenters. The van der Waals surface area contributed by atoms with Crippen molar-refractivity contribution >= 4 is 29.1 Å². The van der Waals surface area contributed by atoms with Crippen LogP contribution in [0.2, 0.25) is 0 Å². The maximum Gasteiger partial charge on any atom is 0.471 e. The van der Waals surface area contributed by atoms with Gasteiger partial charge in [-0.2, -0.15) is 13.2 Å². The van der Waals surface area contributed by atoms with Gasteiger partial charge in [-0.3, -0.25) is 14.4 Å². The molecule has 2 N–H and O–H groups in total. The number of halogens is 3. The minimum atomic E-state index is -5.05. The first kappa shape index (κ1) is 20.4. The van der Waals surface area contributed by atoms with E-state index in [2.05, 4.69) is 5.32 Å². The monoisotopic (exact) mass is 405 g/mol. The predicted octanol–water partition coefficient (Wildman–Crippen LogP) is 3.17. The number of amides is 3. The highest BCUT2D eigenvalue weighted by Crippen LogP contribution is 2.27. The molecule has 0 aliphatic carbocycles. The summed E-state index contributed by atoms with van der Waals surface area (Å²) >= 11 is 0. The smallest absolute Gasteiger partial charge is 0.338 e. The van der Waals surface area contributed by atoms with E-state index in [1.165, 1.54) is 24.3 Å². The third-order valence-electron chi connectivity index (χ3n) is 4.49. The molecule has 2 aromatic rings. The zero-order valence-electron chi connectivity index (χ0n) is 15.2. The minimum absolute atomic E-state index is 0.00967. The van der Waals surface area contributed by atoms with Gasteiger partial charge in [0, 0.05) is 19.5 Å². The van der Waals surface area contributed by atoms with Crippen molar-refractivity contribution in [2.45, 2.75) is 19.1 Å². The number of nitrogens with zero attached hydrogens (tertiary/aromatic N) is 1. The van der Waals surface area contributed by atoms with Crippen molar-refractivity contribution in [3.05, 3.63) is 60.2 Å². The molecule has 3 rings (SSSR count). The van der Waals surface area contributed by atoms with Crippen LogP contribution in [0.5, 0.6) is 0 Å². The summed E-state index contributed by atoms with van der Waals surface area (Å²) in [5, 5.41) is 4.25. The third kappa shape index (κ3) is 5.13. The number of hydrogen-bond acceptors (Lipinski definition) is 3. The van der Waals surface area contributed by atoms with Gasteiger partial charge in [0.2, 0.25) is 11.8 Å². The highest BCUT2D eigenvalue weighted by atomic mass is 19.4. The lowest BCUT2D eigenvalue weighted by Gasteiger charge is -2.17. The molecule has 9 heteroatoms. The fourth-order valence-corrected chi connectivity index (χ4v) is 3.03. The van der Waals surface area contributed by atoms with E-state index in [-0.39, 0.29) is 30.2 Å². The Hall–Kier alpha value is -3.36. The summed E-state index contributed by atoms with van der Waals surface area (Å²) in [6.07, 6.45) is -5.04. The van der Waals surface area contributed by atoms with Gasteiger partial charge in [-0.1, -0.05) is 42.5 Å². The second kappa shape index (κ2) is 8.34. The summed E-state index contributed by atoms with van der Waals surface area (Å²) in [6.45, 7) is 0.582. The van der Waals surface area contributed by atoms with E-state index < -0.39 is 23.9 Å². The van der Waals surface area contributed by atoms with Crippen molar-refractivity contribution in [2.24, 2.45) is 5.92 Å². The number of para-hydroxylation sites is 2. The van der Waals surface area contributed by atoms with Crippen molar-refractivity contribution in [2.75, 3.05) is 17.2 Å². The second-order valence-electron chi connectivity index (χ2n) is 6.65. The molecule has 1 aliphatic rings. The molecule has 1 heterocycles. The van der Waals surface area contributed by atoms with Crippen molar-refractivity contribution in [1.82, 2.24) is 4.90 Å². The lowest BCUT2D eigenvalue weighted by atomic mass is 10.1. The maximum atomic E-state index is 12.6. The van der Waals surface area contributed by atoms with Gasteiger partial charge in [0.15, 0.2) is 0 Å². The molecule has 0 spiro atoms. The van der Waals surface area contributed by atoms with E-state index in [0.717, 1.165) is 5.56 Å². The van der Waals surface area contributed by atoms with Gasteiger partial charge < -0.3 is 15.5 Å². The Morgan fingerprint density at radius 2 is 1.55 bits per heavy atom. The van der Waals surface area contributed by atoms with Gasteiger partial charge in [-0.25, -0.2) is 0 Å². The second-order valence-corrected chi connectivity index (χ2v) is 6.65. The Morgan fingerprint density at radius 3 is 2.17 bits per heavy atom. The number of carbonyl (C=O) groups is 3. The predicted molar refractivity (Wildman–Crippen MR) is 99.7 cm³/mol. The average molecular weight is 405 g/mol. The lowest BCUT2D eigenvalue weighted by molar-refractivity contribution is -0.167. The Labute approximate surface area is 164 Å². The Kier molecular flexibility index (Phi) is 5.86. The van der Waals surface area contributed by atoms with Gasteiger partial charge in [0.05, 0.1) is 17.3 Å². The molecule has 1 atom stereocenters. The summed E-state index contributed by atoms with van der Waals surface area (Å²) < 4.78 is 37.5. The zero-order valence-corrected chi connectivity index (χ0v) is 15.2. The first-order valence-electron chi connectivity index (χ1n) is 8.84.